The third-order valence-corrected chi connectivity index (χ3v) is 28.1. The first-order valence-corrected chi connectivity index (χ1v) is 49.4. The van der Waals surface area contributed by atoms with Crippen LogP contribution in [0.5, 0.6) is 23.0 Å². The molecule has 0 unspecified atom stereocenters. The molecule has 0 aliphatic carbocycles. The Balaban J connectivity index is 0.000000133. The molecule has 8 aromatic heterocycles. The number of hydrogen-bond donors (Lipinski definition) is 2. The molecule has 700 valence electrons. The summed E-state index contributed by atoms with van der Waals surface area (Å²) in [5.41, 5.74) is 6.56. The van der Waals surface area contributed by atoms with Gasteiger partial charge in [0.2, 0.25) is 23.0 Å². The Morgan fingerprint density at radius 3 is 0.993 bits per heavy atom. The number of anilines is 4. The zero-order valence-electron chi connectivity index (χ0n) is 73.0. The lowest BCUT2D eigenvalue weighted by Gasteiger charge is -2.34. The summed E-state index contributed by atoms with van der Waals surface area (Å²) in [6.45, 7) is 22.7. The van der Waals surface area contributed by atoms with Gasteiger partial charge in [-0.2, -0.15) is 37.9 Å². The number of piperidine rings is 1. The van der Waals surface area contributed by atoms with E-state index >= 15 is 17.6 Å². The Hall–Kier alpha value is -10.7. The summed E-state index contributed by atoms with van der Waals surface area (Å²) in [6.07, 6.45) is 15.6. The molecule has 4 fully saturated rings. The maximum Gasteiger partial charge on any atom is 0.369 e. The van der Waals surface area contributed by atoms with Crippen LogP contribution in [-0.4, -0.2) is 214 Å². The van der Waals surface area contributed by atoms with Crippen molar-refractivity contribution in [2.45, 2.75) is 19.3 Å². The number of piperazine rings is 3. The largest absolute Gasteiger partial charge is 0.508 e. The highest BCUT2D eigenvalue weighted by molar-refractivity contribution is 9.69. The third kappa shape index (κ3) is 20.7. The molecule has 135 heavy (non-hydrogen) atoms. The summed E-state index contributed by atoms with van der Waals surface area (Å²) in [4.78, 5) is 58.8. The Bertz CT molecular complexity index is 7340. The maximum absolute atomic E-state index is 15.9. The molecule has 4 aliphatic heterocycles. The molecule has 0 atom stereocenters. The lowest BCUT2D eigenvalue weighted by atomic mass is 10.00. The van der Waals surface area contributed by atoms with Gasteiger partial charge in [-0.3, -0.25) is 37.9 Å². The monoisotopic (exact) mass is 2200 g/mol. The smallest absolute Gasteiger partial charge is 0.369 e. The fraction of sp³-hybridized carbons (Fsp3) is 0.253. The molecular weight excluding hydrogens is 2120 g/mol. The van der Waals surface area contributed by atoms with E-state index in [0.29, 0.717) is 177 Å². The molecule has 2 N–H and O–H groups in total. The lowest BCUT2D eigenvalue weighted by Crippen LogP contribution is -2.48. The number of fused-ring (bicyclic) bond motifs is 8. The second-order valence-corrected chi connectivity index (χ2v) is 42.8. The van der Waals surface area contributed by atoms with Crippen molar-refractivity contribution in [3.63, 3.8) is 0 Å². The zero-order chi connectivity index (χ0) is 96.4. The Labute approximate surface area is 837 Å². The van der Waals surface area contributed by atoms with Crippen LogP contribution in [-0.2, 0) is 47.4 Å². The van der Waals surface area contributed by atoms with Crippen LogP contribution < -0.4 is 29.1 Å². The number of aryl methyl sites for hydroxylation is 4. The number of aromatic hydroxyl groups is 2. The van der Waals surface area contributed by atoms with Crippen LogP contribution in [0.15, 0.2) is 148 Å². The number of rotatable bonds is 14. The molecule has 8 aromatic carbocycles. The van der Waals surface area contributed by atoms with Crippen LogP contribution >= 0.6 is 151 Å². The average molecular weight is 2200 g/mol. The molecule has 0 spiro atoms. The molecule has 16 aromatic rings. The fourth-order valence-corrected chi connectivity index (χ4v) is 21.6. The van der Waals surface area contributed by atoms with Crippen molar-refractivity contribution in [2.75, 3.05) is 125 Å². The maximum atomic E-state index is 15.9. The molecule has 12 heterocycles. The summed E-state index contributed by atoms with van der Waals surface area (Å²) in [6, 6.07) is 20.4. The summed E-state index contributed by atoms with van der Waals surface area (Å²) < 4.78 is 98.5. The number of aromatic nitrogens is 12. The van der Waals surface area contributed by atoms with E-state index in [1.54, 1.807) is 117 Å². The number of phenolic OH excluding ortho intramolecular Hbond substituents is 2. The summed E-state index contributed by atoms with van der Waals surface area (Å²) in [5, 5.41) is 47.8. The van der Waals surface area contributed by atoms with Crippen LogP contribution in [0.25, 0.3) is 132 Å². The number of nitrogens with zero attached hydrogens (tertiary/aromatic N) is 19. The number of allylic oxidation sites excluding steroid dienone is 1. The minimum atomic E-state index is -0.548. The van der Waals surface area contributed by atoms with E-state index in [1.165, 1.54) is 82.9 Å². The van der Waals surface area contributed by atoms with Crippen LogP contribution in [0.1, 0.15) is 19.3 Å². The summed E-state index contributed by atoms with van der Waals surface area (Å²) in [7, 11) is 10.3. The molecule has 0 radical (unpaired) electrons. The predicted octanol–water partition coefficient (Wildman–Crippen LogP) is 21.6. The molecule has 27 nitrogen and oxygen atoms in total. The van der Waals surface area contributed by atoms with Crippen molar-refractivity contribution in [3.05, 3.63) is 192 Å². The Morgan fingerprint density at radius 1 is 0.407 bits per heavy atom. The van der Waals surface area contributed by atoms with E-state index in [9.17, 15) is 29.4 Å². The van der Waals surface area contributed by atoms with Gasteiger partial charge in [-0.15, -0.1) is 47.3 Å². The highest BCUT2D eigenvalue weighted by Crippen LogP contribution is 2.50. The SMILES string of the molecule is BrB(Br)Br.C=CC(=O)Cl.C=CC(=O)N1CCN(c2snc3c(F)c(-c4cc(O)cc5cn(C)nc45)c(Cl)cc23)CC1.C=CC(=O)N1CCN(c2snc3c(F)c(-c4cc(O)cc5cnn(C)c45)c(Cl)cc23)CC1.C=CC(=O)N1CCN(c2snc3c(F)c(-c4cc(OC)cc5cn(C)nc45)c(Cl)cc23)CC1.COc1cc(-c2c(Cl)cc3c(N4CCCCC4)snc3c2F)c2nn(C)cc2c1. The van der Waals surface area contributed by atoms with E-state index in [2.05, 4.69) is 131 Å². The molecule has 0 bridgehead atoms. The number of carbonyl (C=O) groups excluding carboxylic acids is 4. The van der Waals surface area contributed by atoms with E-state index in [0.717, 1.165) is 68.2 Å². The number of hydrogen-bond acceptors (Lipinski definition) is 24. The van der Waals surface area contributed by atoms with Crippen LogP contribution in [0, 0.1) is 23.3 Å². The predicted molar refractivity (Wildman–Crippen MR) is 550 cm³/mol. The number of halogens is 12. The lowest BCUT2D eigenvalue weighted by molar-refractivity contribution is -0.127. The molecule has 4 aliphatic rings. The molecule has 20 rings (SSSR count). The first-order chi connectivity index (χ1) is 64.7. The number of benzene rings is 8. The van der Waals surface area contributed by atoms with Crippen LogP contribution in [0.2, 0.25) is 20.1 Å². The quantitative estimate of drug-likeness (QED) is 0.0443. The van der Waals surface area contributed by atoms with Gasteiger partial charge in [0.05, 0.1) is 46.0 Å². The first kappa shape index (κ1) is 98.8. The van der Waals surface area contributed by atoms with Crippen LogP contribution in [0.3, 0.4) is 0 Å². The normalized spacial score (nSPS) is 14.0. The van der Waals surface area contributed by atoms with Crippen molar-refractivity contribution in [3.8, 4) is 67.5 Å². The average Bonchev–Trinajstić information content (AvgIpc) is 1.63. The highest BCUT2D eigenvalue weighted by Gasteiger charge is 2.33. The number of phenols is 2. The summed E-state index contributed by atoms with van der Waals surface area (Å²) in [5.74, 6) is -1.03. The van der Waals surface area contributed by atoms with Gasteiger partial charge in [-0.05, 0) is 174 Å². The second-order valence-electron chi connectivity index (χ2n) is 31.3. The van der Waals surface area contributed by atoms with Gasteiger partial charge in [0, 0.05) is 226 Å². The zero-order valence-corrected chi connectivity index (χ0v) is 84.8. The van der Waals surface area contributed by atoms with Gasteiger partial charge in [0.25, 0.3) is 0 Å². The minimum Gasteiger partial charge on any atom is -0.508 e. The topological polar surface area (TPSA) is 273 Å². The van der Waals surface area contributed by atoms with E-state index in [1.807, 2.05) is 44.7 Å². The first-order valence-electron chi connectivity index (χ1n) is 41.7. The minimum absolute atomic E-state index is 0.00183. The van der Waals surface area contributed by atoms with Gasteiger partial charge in [-0.1, -0.05) is 72.7 Å². The van der Waals surface area contributed by atoms with Crippen molar-refractivity contribution >= 4 is 285 Å². The van der Waals surface area contributed by atoms with Gasteiger partial charge >= 0.3 is 3.18 Å². The Kier molecular flexibility index (Phi) is 31.1. The number of ether oxygens (including phenoxy) is 2. The van der Waals surface area contributed by atoms with Crippen molar-refractivity contribution in [1.82, 2.24) is 71.3 Å². The van der Waals surface area contributed by atoms with Crippen LogP contribution in [0.4, 0.5) is 37.6 Å². The van der Waals surface area contributed by atoms with E-state index in [-0.39, 0.29) is 80.7 Å². The number of amides is 3. The van der Waals surface area contributed by atoms with Crippen molar-refractivity contribution in [1.29, 1.82) is 0 Å². The fourth-order valence-electron chi connectivity index (χ4n) is 16.8. The Morgan fingerprint density at radius 2 is 0.689 bits per heavy atom. The van der Waals surface area contributed by atoms with Crippen molar-refractivity contribution < 1.29 is 56.4 Å². The molecule has 44 heteroatoms. The second kappa shape index (κ2) is 42.5. The third-order valence-electron chi connectivity index (χ3n) is 23.0. The van der Waals surface area contributed by atoms with Gasteiger partial charge in [0.1, 0.15) is 81.6 Å². The molecule has 3 amide bonds. The standard InChI is InChI=1S/C23H21ClFN5O2S.2C22H19ClFN5O2S.C21H20ClFN4OS.C3H3ClO.BBr3/c1-4-18(31)29-5-7-30(8-6-29)23-16-11-17(24)19(20(25)22(16)27-33-23)15-10-14(32-3)9-13-12-28(2)26-21(13)15;1-3-17(31)28-4-6-29(7-5-28)22-15-10-16(23)18(19(24)20(15)26-32-22)14-9-13(30)8-12-11-25-27(2)21(12)14;1-3-17(31)28-4-6-29(7-5-28)22-15-10-16(23)18(19(24)21(15)26-32-22)14-9-13(30)8-12-11-27(2)25-20(12)14;1-26-11-12-8-13(28-2)9-14(19(12)24-26)17-16(22)10-15-20(18(17)23)25-29-21(15)27-6-4-3-5-7-27;1-2-3(4)5;2-1(3)4/h4,9-12H,1,5-8H2,2-3H3;2*3,8-11,30H,1,4-7H2,2H3;8-11H,3-7H2,1-2H3;2H,1H2;. The summed E-state index contributed by atoms with van der Waals surface area (Å²) >= 11 is 45.5. The van der Waals surface area contributed by atoms with E-state index < -0.39 is 28.5 Å². The van der Waals surface area contributed by atoms with Crippen molar-refractivity contribution in [2.24, 2.45) is 28.2 Å². The number of methoxy groups -OCH3 is 2. The van der Waals surface area contributed by atoms with Gasteiger partial charge in [0.15, 0.2) is 23.3 Å². The van der Waals surface area contributed by atoms with E-state index in [4.69, 9.17) is 67.5 Å². The number of carbonyl (C=O) groups is 4. The molecule has 0 saturated carbocycles. The molecule has 4 saturated heterocycles. The molecular formula is C91H82BBr3Cl5F4N19O8S4. The highest BCUT2D eigenvalue weighted by atomic mass is 79.9. The van der Waals surface area contributed by atoms with Gasteiger partial charge < -0.3 is 54.0 Å². The van der Waals surface area contributed by atoms with Gasteiger partial charge in [-0.25, -0.2) is 17.6 Å².